The minimum absolute atomic E-state index is 0.0975. The lowest BCUT2D eigenvalue weighted by Gasteiger charge is -2.08. The minimum Gasteiger partial charge on any atom is -0.484 e. The number of amides is 1. The predicted molar refractivity (Wildman–Crippen MR) is 121 cm³/mol. The van der Waals surface area contributed by atoms with Crippen LogP contribution in [0.2, 0.25) is 0 Å². The first-order chi connectivity index (χ1) is 15.1. The van der Waals surface area contributed by atoms with E-state index in [1.807, 2.05) is 36.4 Å². The van der Waals surface area contributed by atoms with Crippen molar-refractivity contribution in [2.45, 2.75) is 6.92 Å². The molecular weight excluding hydrogens is 392 g/mol. The zero-order valence-corrected chi connectivity index (χ0v) is 16.9. The van der Waals surface area contributed by atoms with Crippen LogP contribution in [-0.2, 0) is 4.79 Å². The topological polar surface area (TPSA) is 85.6 Å². The summed E-state index contributed by atoms with van der Waals surface area (Å²) in [7, 11) is 0. The number of anilines is 1. The van der Waals surface area contributed by atoms with Crippen molar-refractivity contribution in [3.8, 4) is 5.75 Å². The summed E-state index contributed by atoms with van der Waals surface area (Å²) in [6, 6.07) is 23.4. The van der Waals surface area contributed by atoms with Crippen molar-refractivity contribution in [3.63, 3.8) is 0 Å². The average molecular weight is 412 g/mol. The molecule has 0 radical (unpaired) electrons. The van der Waals surface area contributed by atoms with Crippen LogP contribution in [0.5, 0.6) is 5.75 Å². The van der Waals surface area contributed by atoms with E-state index in [2.05, 4.69) is 15.4 Å². The molecule has 1 amide bonds. The number of nitrogens with zero attached hydrogens (tertiary/aromatic N) is 3. The van der Waals surface area contributed by atoms with E-state index >= 15 is 0 Å². The van der Waals surface area contributed by atoms with Crippen LogP contribution in [0.25, 0.3) is 10.9 Å². The minimum atomic E-state index is -0.240. The molecule has 1 heterocycles. The Morgan fingerprint density at radius 1 is 1.03 bits per heavy atom. The Morgan fingerprint density at radius 2 is 1.74 bits per heavy atom. The molecule has 31 heavy (non-hydrogen) atoms. The number of hydrogen-bond acceptors (Lipinski definition) is 5. The van der Waals surface area contributed by atoms with Gasteiger partial charge in [-0.1, -0.05) is 30.3 Å². The van der Waals surface area contributed by atoms with E-state index in [0.717, 1.165) is 11.3 Å². The van der Waals surface area contributed by atoms with Crippen LogP contribution < -0.4 is 15.6 Å². The number of fused-ring (bicyclic) bond motifs is 1. The van der Waals surface area contributed by atoms with Crippen LogP contribution in [0.15, 0.2) is 88.8 Å². The molecule has 0 fully saturated rings. The Kier molecular flexibility index (Phi) is 5.84. The fourth-order valence-corrected chi connectivity index (χ4v) is 3.01. The zero-order valence-electron chi connectivity index (χ0n) is 16.9. The molecule has 1 aromatic heterocycles. The van der Waals surface area contributed by atoms with Gasteiger partial charge in [-0.05, 0) is 61.0 Å². The summed E-state index contributed by atoms with van der Waals surface area (Å²) in [4.78, 5) is 29.1. The SMILES string of the molecule is Cc1nc2ccccc2c(=O)n1N=Cc1ccc(OCC(=O)Nc2ccccc2)cc1. The summed E-state index contributed by atoms with van der Waals surface area (Å²) in [5.74, 6) is 0.820. The Balaban J connectivity index is 1.41. The monoisotopic (exact) mass is 412 g/mol. The number of aryl methyl sites for hydroxylation is 1. The molecule has 0 saturated carbocycles. The molecule has 0 saturated heterocycles. The third kappa shape index (κ3) is 4.84. The molecule has 0 aliphatic rings. The van der Waals surface area contributed by atoms with Gasteiger partial charge in [-0.3, -0.25) is 9.59 Å². The number of nitrogens with one attached hydrogen (secondary N) is 1. The summed E-state index contributed by atoms with van der Waals surface area (Å²) in [6.07, 6.45) is 1.58. The van der Waals surface area contributed by atoms with Gasteiger partial charge in [0.25, 0.3) is 11.5 Å². The molecule has 4 aromatic rings. The number of aromatic nitrogens is 2. The van der Waals surface area contributed by atoms with Gasteiger partial charge in [-0.15, -0.1) is 0 Å². The van der Waals surface area contributed by atoms with Gasteiger partial charge in [0.05, 0.1) is 17.1 Å². The molecule has 154 valence electrons. The van der Waals surface area contributed by atoms with Crippen LogP contribution in [0, 0.1) is 6.92 Å². The lowest BCUT2D eigenvalue weighted by molar-refractivity contribution is -0.118. The summed E-state index contributed by atoms with van der Waals surface area (Å²) in [6.45, 7) is 1.64. The normalized spacial score (nSPS) is 11.0. The van der Waals surface area contributed by atoms with Crippen molar-refractivity contribution < 1.29 is 9.53 Å². The van der Waals surface area contributed by atoms with E-state index in [0.29, 0.717) is 22.5 Å². The Hall–Kier alpha value is -4.26. The van der Waals surface area contributed by atoms with E-state index in [4.69, 9.17) is 4.74 Å². The second-order valence-corrected chi connectivity index (χ2v) is 6.81. The number of carbonyl (C=O) groups excluding carboxylic acids is 1. The summed E-state index contributed by atoms with van der Waals surface area (Å²) in [5, 5.41) is 7.57. The lowest BCUT2D eigenvalue weighted by atomic mass is 10.2. The van der Waals surface area contributed by atoms with Gasteiger partial charge in [-0.2, -0.15) is 9.78 Å². The third-order valence-electron chi connectivity index (χ3n) is 4.55. The molecule has 0 aliphatic carbocycles. The van der Waals surface area contributed by atoms with Gasteiger partial charge in [0.2, 0.25) is 0 Å². The average Bonchev–Trinajstić information content (AvgIpc) is 2.79. The Morgan fingerprint density at radius 3 is 2.52 bits per heavy atom. The fourth-order valence-electron chi connectivity index (χ4n) is 3.01. The highest BCUT2D eigenvalue weighted by molar-refractivity contribution is 5.91. The smallest absolute Gasteiger partial charge is 0.282 e. The maximum atomic E-state index is 12.7. The molecule has 0 aliphatic heterocycles. The second-order valence-electron chi connectivity index (χ2n) is 6.81. The number of hydrogen-bond donors (Lipinski definition) is 1. The quantitative estimate of drug-likeness (QED) is 0.490. The van der Waals surface area contributed by atoms with Gasteiger partial charge in [-0.25, -0.2) is 4.98 Å². The first-order valence-corrected chi connectivity index (χ1v) is 9.71. The highest BCUT2D eigenvalue weighted by atomic mass is 16.5. The van der Waals surface area contributed by atoms with Crippen molar-refractivity contribution in [2.75, 3.05) is 11.9 Å². The van der Waals surface area contributed by atoms with E-state index in [-0.39, 0.29) is 18.1 Å². The number of para-hydroxylation sites is 2. The Labute approximate surface area is 178 Å². The fraction of sp³-hybridized carbons (Fsp3) is 0.0833. The molecule has 3 aromatic carbocycles. The standard InChI is InChI=1S/C24H20N4O3/c1-17-26-22-10-6-5-9-21(22)24(30)28(17)25-15-18-11-13-20(14-12-18)31-16-23(29)27-19-7-3-2-4-8-19/h2-15H,16H2,1H3,(H,27,29). The summed E-state index contributed by atoms with van der Waals surface area (Å²) >= 11 is 0. The molecule has 4 rings (SSSR count). The van der Waals surface area contributed by atoms with Crippen molar-refractivity contribution in [3.05, 3.63) is 101 Å². The predicted octanol–water partition coefficient (Wildman–Crippen LogP) is 3.60. The van der Waals surface area contributed by atoms with Crippen LogP contribution in [0.1, 0.15) is 11.4 Å². The molecule has 7 nitrogen and oxygen atoms in total. The first kappa shape index (κ1) is 20.0. The van der Waals surface area contributed by atoms with Crippen LogP contribution in [0.4, 0.5) is 5.69 Å². The number of ether oxygens (including phenoxy) is 1. The zero-order chi connectivity index (χ0) is 21.6. The molecule has 0 atom stereocenters. The van der Waals surface area contributed by atoms with Gasteiger partial charge < -0.3 is 10.1 Å². The van der Waals surface area contributed by atoms with Crippen LogP contribution in [-0.4, -0.2) is 28.4 Å². The van der Waals surface area contributed by atoms with Crippen LogP contribution in [0.3, 0.4) is 0 Å². The van der Waals surface area contributed by atoms with Crippen molar-refractivity contribution in [2.24, 2.45) is 5.10 Å². The maximum Gasteiger partial charge on any atom is 0.282 e. The molecular formula is C24H20N4O3. The van der Waals surface area contributed by atoms with E-state index < -0.39 is 0 Å². The number of carbonyl (C=O) groups is 1. The van der Waals surface area contributed by atoms with Gasteiger partial charge in [0.15, 0.2) is 6.61 Å². The molecule has 0 unspecified atom stereocenters. The molecule has 1 N–H and O–H groups in total. The van der Waals surface area contributed by atoms with Crippen molar-refractivity contribution in [1.29, 1.82) is 0 Å². The largest absolute Gasteiger partial charge is 0.484 e. The summed E-state index contributed by atoms with van der Waals surface area (Å²) < 4.78 is 6.80. The van der Waals surface area contributed by atoms with Crippen molar-refractivity contribution >= 4 is 28.7 Å². The van der Waals surface area contributed by atoms with Gasteiger partial charge >= 0.3 is 0 Å². The first-order valence-electron chi connectivity index (χ1n) is 9.71. The molecule has 7 heteroatoms. The van der Waals surface area contributed by atoms with Crippen molar-refractivity contribution in [1.82, 2.24) is 9.66 Å². The summed E-state index contributed by atoms with van der Waals surface area (Å²) in [5.41, 5.74) is 1.93. The lowest BCUT2D eigenvalue weighted by Crippen LogP contribution is -2.20. The highest BCUT2D eigenvalue weighted by Gasteiger charge is 2.06. The third-order valence-corrected chi connectivity index (χ3v) is 4.55. The highest BCUT2D eigenvalue weighted by Crippen LogP contribution is 2.12. The second kappa shape index (κ2) is 9.04. The number of rotatable bonds is 6. The molecule has 0 bridgehead atoms. The number of benzene rings is 3. The van der Waals surface area contributed by atoms with E-state index in [9.17, 15) is 9.59 Å². The van der Waals surface area contributed by atoms with E-state index in [1.165, 1.54) is 4.68 Å². The Bertz CT molecular complexity index is 1300. The van der Waals surface area contributed by atoms with Gasteiger partial charge in [0, 0.05) is 5.69 Å². The molecule has 0 spiro atoms. The van der Waals surface area contributed by atoms with Gasteiger partial charge in [0.1, 0.15) is 11.6 Å². The van der Waals surface area contributed by atoms with E-state index in [1.54, 1.807) is 55.6 Å². The van der Waals surface area contributed by atoms with Crippen LogP contribution >= 0.6 is 0 Å². The maximum absolute atomic E-state index is 12.7.